The van der Waals surface area contributed by atoms with E-state index in [4.69, 9.17) is 16.6 Å². The average Bonchev–Trinajstić information content (AvgIpc) is 3.29. The molecule has 1 fully saturated rings. The van der Waals surface area contributed by atoms with Gasteiger partial charge in [0.15, 0.2) is 0 Å². The smallest absolute Gasteiger partial charge is 0.280 e. The van der Waals surface area contributed by atoms with E-state index >= 15 is 0 Å². The number of hydrogen-bond acceptors (Lipinski definition) is 6. The van der Waals surface area contributed by atoms with Crippen molar-refractivity contribution in [1.82, 2.24) is 4.90 Å². The van der Waals surface area contributed by atoms with Crippen molar-refractivity contribution < 1.29 is 14.1 Å². The first-order valence-corrected chi connectivity index (χ1v) is 9.88. The number of benzene rings is 2. The second kappa shape index (κ2) is 8.02. The number of carbonyl (C=O) groups excluding carboxylic acids is 1. The Hall–Kier alpha value is -3.23. The normalized spacial score (nSPS) is 15.3. The van der Waals surface area contributed by atoms with Crippen molar-refractivity contribution in [3.05, 3.63) is 93.1 Å². The number of furan rings is 1. The highest BCUT2D eigenvalue weighted by Gasteiger charge is 2.32. The minimum atomic E-state index is -0.452. The summed E-state index contributed by atoms with van der Waals surface area (Å²) in [5.41, 5.74) is 1.33. The van der Waals surface area contributed by atoms with Gasteiger partial charge in [-0.3, -0.25) is 19.8 Å². The van der Waals surface area contributed by atoms with Crippen molar-refractivity contribution in [2.75, 3.05) is 0 Å². The summed E-state index contributed by atoms with van der Waals surface area (Å²) in [7, 11) is 0. The molecule has 0 saturated carbocycles. The number of hydrogen-bond donors (Lipinski definition) is 0. The van der Waals surface area contributed by atoms with E-state index in [1.165, 1.54) is 17.8 Å². The molecule has 0 spiro atoms. The van der Waals surface area contributed by atoms with Crippen molar-refractivity contribution in [2.24, 2.45) is 0 Å². The summed E-state index contributed by atoms with van der Waals surface area (Å²) in [5.74, 6) is 0.606. The summed E-state index contributed by atoms with van der Waals surface area (Å²) >= 11 is 6.57. The Bertz CT molecular complexity index is 1140. The van der Waals surface area contributed by atoms with Gasteiger partial charge in [-0.05, 0) is 23.8 Å². The first-order valence-electron chi connectivity index (χ1n) is 8.66. The number of carbonyl (C=O) groups is 1. The Morgan fingerprint density at radius 2 is 1.79 bits per heavy atom. The molecule has 3 aromatic rings. The Balaban J connectivity index is 1.57. The Kier molecular flexibility index (Phi) is 5.28. The van der Waals surface area contributed by atoms with Gasteiger partial charge in [0.1, 0.15) is 15.8 Å². The molecule has 144 valence electrons. The Labute approximate surface area is 176 Å². The van der Waals surface area contributed by atoms with Crippen LogP contribution in [0.1, 0.15) is 11.3 Å². The van der Waals surface area contributed by atoms with Gasteiger partial charge in [-0.2, -0.15) is 0 Å². The fraction of sp³-hybridized carbons (Fsp3) is 0.0476. The molecule has 0 aliphatic carbocycles. The largest absolute Gasteiger partial charge is 0.456 e. The lowest BCUT2D eigenvalue weighted by atomic mass is 10.1. The second-order valence-corrected chi connectivity index (χ2v) is 7.91. The highest BCUT2D eigenvalue weighted by Crippen LogP contribution is 2.35. The second-order valence-electron chi connectivity index (χ2n) is 6.23. The van der Waals surface area contributed by atoms with Gasteiger partial charge in [-0.15, -0.1) is 0 Å². The number of thiocarbonyl (C=S) groups is 1. The van der Waals surface area contributed by atoms with E-state index in [1.54, 1.807) is 41.3 Å². The van der Waals surface area contributed by atoms with Gasteiger partial charge < -0.3 is 4.42 Å². The summed E-state index contributed by atoms with van der Waals surface area (Å²) in [5, 5.41) is 11.2. The van der Waals surface area contributed by atoms with Crippen LogP contribution in [0.25, 0.3) is 17.4 Å². The van der Waals surface area contributed by atoms with Crippen molar-refractivity contribution in [3.8, 4) is 11.3 Å². The SMILES string of the molecule is O=C1/C(=C/c2ccc(-c3ccccc3[N+](=O)[O-])o2)SC(=S)N1Cc1ccccc1. The summed E-state index contributed by atoms with van der Waals surface area (Å²) < 4.78 is 6.23. The zero-order valence-corrected chi connectivity index (χ0v) is 16.6. The van der Waals surface area contributed by atoms with Crippen LogP contribution in [0.4, 0.5) is 5.69 Å². The molecule has 6 nitrogen and oxygen atoms in total. The first-order chi connectivity index (χ1) is 14.0. The minimum Gasteiger partial charge on any atom is -0.456 e. The van der Waals surface area contributed by atoms with Crippen LogP contribution < -0.4 is 0 Å². The van der Waals surface area contributed by atoms with Crippen molar-refractivity contribution in [2.45, 2.75) is 6.54 Å². The molecule has 4 rings (SSSR count). The minimum absolute atomic E-state index is 0.0393. The molecule has 0 radical (unpaired) electrons. The maximum absolute atomic E-state index is 12.8. The van der Waals surface area contributed by atoms with E-state index in [0.717, 1.165) is 5.56 Å². The molecule has 29 heavy (non-hydrogen) atoms. The van der Waals surface area contributed by atoms with Crippen LogP contribution in [0.3, 0.4) is 0 Å². The topological polar surface area (TPSA) is 76.6 Å². The zero-order valence-electron chi connectivity index (χ0n) is 15.0. The molecule has 0 atom stereocenters. The van der Waals surface area contributed by atoms with E-state index < -0.39 is 4.92 Å². The Morgan fingerprint density at radius 3 is 2.55 bits per heavy atom. The Morgan fingerprint density at radius 1 is 1.07 bits per heavy atom. The van der Waals surface area contributed by atoms with Crippen LogP contribution in [0.5, 0.6) is 0 Å². The fourth-order valence-corrected chi connectivity index (χ4v) is 4.18. The first kappa shape index (κ1) is 19.1. The van der Waals surface area contributed by atoms with Gasteiger partial charge in [0.2, 0.25) is 0 Å². The molecule has 2 heterocycles. The number of rotatable bonds is 5. The number of nitro benzene ring substituents is 1. The molecule has 0 unspecified atom stereocenters. The number of thioether (sulfide) groups is 1. The monoisotopic (exact) mass is 422 g/mol. The molecule has 8 heteroatoms. The summed E-state index contributed by atoms with van der Waals surface area (Å²) in [6.07, 6.45) is 1.61. The lowest BCUT2D eigenvalue weighted by Crippen LogP contribution is -2.27. The number of nitrogens with zero attached hydrogens (tertiary/aromatic N) is 2. The predicted octanol–water partition coefficient (Wildman–Crippen LogP) is 5.26. The number of nitro groups is 1. The highest BCUT2D eigenvalue weighted by atomic mass is 32.2. The molecular weight excluding hydrogens is 408 g/mol. The van der Waals surface area contributed by atoms with Crippen molar-refractivity contribution >= 4 is 46.0 Å². The number of para-hydroxylation sites is 1. The third-order valence-electron chi connectivity index (χ3n) is 4.32. The predicted molar refractivity (Wildman–Crippen MR) is 116 cm³/mol. The maximum atomic E-state index is 12.8. The van der Waals surface area contributed by atoms with E-state index in [1.807, 2.05) is 30.3 Å². The van der Waals surface area contributed by atoms with Gasteiger partial charge in [0, 0.05) is 12.1 Å². The van der Waals surface area contributed by atoms with Crippen molar-refractivity contribution in [3.63, 3.8) is 0 Å². The average molecular weight is 422 g/mol. The van der Waals surface area contributed by atoms with E-state index in [2.05, 4.69) is 0 Å². The van der Waals surface area contributed by atoms with Gasteiger partial charge in [-0.1, -0.05) is 66.4 Å². The molecular formula is C21H14N2O4S2. The molecule has 1 aromatic heterocycles. The van der Waals surface area contributed by atoms with Crippen LogP contribution >= 0.6 is 24.0 Å². The molecule has 0 bridgehead atoms. The van der Waals surface area contributed by atoms with Gasteiger partial charge in [0.05, 0.1) is 21.9 Å². The fourth-order valence-electron chi connectivity index (χ4n) is 2.95. The molecule has 2 aromatic carbocycles. The maximum Gasteiger partial charge on any atom is 0.280 e. The van der Waals surface area contributed by atoms with E-state index in [-0.39, 0.29) is 11.6 Å². The summed E-state index contributed by atoms with van der Waals surface area (Å²) in [6.45, 7) is 0.405. The highest BCUT2D eigenvalue weighted by molar-refractivity contribution is 8.26. The summed E-state index contributed by atoms with van der Waals surface area (Å²) in [4.78, 5) is 25.5. The van der Waals surface area contributed by atoms with Crippen LogP contribution in [-0.4, -0.2) is 20.1 Å². The lowest BCUT2D eigenvalue weighted by Gasteiger charge is -2.14. The van der Waals surface area contributed by atoms with Crippen molar-refractivity contribution in [1.29, 1.82) is 0 Å². The van der Waals surface area contributed by atoms with Crippen LogP contribution in [0.15, 0.2) is 76.1 Å². The zero-order chi connectivity index (χ0) is 20.4. The quantitative estimate of drug-likeness (QED) is 0.242. The lowest BCUT2D eigenvalue weighted by molar-refractivity contribution is -0.384. The standard InChI is InChI=1S/C21H14N2O4S2/c24-20-19(29-21(28)22(20)13-14-6-2-1-3-7-14)12-15-10-11-18(27-15)16-8-4-5-9-17(16)23(25)26/h1-12H,13H2/b19-12-. The molecule has 0 N–H and O–H groups in total. The van der Waals surface area contributed by atoms with Crippen LogP contribution in [0, 0.1) is 10.1 Å². The van der Waals surface area contributed by atoms with Gasteiger partial charge >= 0.3 is 0 Å². The molecule has 1 aliphatic heterocycles. The van der Waals surface area contributed by atoms with Gasteiger partial charge in [0.25, 0.3) is 11.6 Å². The third-order valence-corrected chi connectivity index (χ3v) is 5.70. The summed E-state index contributed by atoms with van der Waals surface area (Å²) in [6, 6.07) is 19.3. The number of amides is 1. The van der Waals surface area contributed by atoms with E-state index in [0.29, 0.717) is 32.9 Å². The molecule has 1 aliphatic rings. The molecule has 1 amide bonds. The van der Waals surface area contributed by atoms with Crippen LogP contribution in [-0.2, 0) is 11.3 Å². The van der Waals surface area contributed by atoms with Gasteiger partial charge in [-0.25, -0.2) is 0 Å². The van der Waals surface area contributed by atoms with Crippen LogP contribution in [0.2, 0.25) is 0 Å². The third kappa shape index (κ3) is 3.98. The molecule has 1 saturated heterocycles. The van der Waals surface area contributed by atoms with E-state index in [9.17, 15) is 14.9 Å².